The van der Waals surface area contributed by atoms with Crippen LogP contribution in [0.2, 0.25) is 0 Å². The molecule has 0 bridgehead atoms. The standard InChI is InChI=1S/C15H22BN6.2C7H8O.Mo.NO/c1-10-7-13(4)20(17-10)16(21-14(5)8-11(2)18-21)22-15(6)9-12(3)19-22;2*1-6-3-2-4-7(8)5-6;;1-2/h7-9,16H,1-6H3;2*2-5,8H,1H3;;/q-1;;;+3;/p-2. The quantitative estimate of drug-likeness (QED) is 0.278. The van der Waals surface area contributed by atoms with Crippen molar-refractivity contribution < 1.29 is 31.3 Å². The molecule has 0 aliphatic heterocycles. The smallest absolute Gasteiger partial charge is 0.872 e. The first-order valence-corrected chi connectivity index (χ1v) is 12.9. The Balaban J connectivity index is 0.000000364. The monoisotopic (exact) mass is 639 g/mol. The van der Waals surface area contributed by atoms with E-state index < -0.39 is 7.12 Å². The van der Waals surface area contributed by atoms with Gasteiger partial charge in [0.25, 0.3) is 0 Å². The normalized spacial score (nSPS) is 9.88. The number of nitrogens with zero attached hydrogens (tertiary/aromatic N) is 7. The SMILES string of the molecule is Cc1cc(C)n([BH-](n2nc(C)cc2C)n2nc(C)cc2C)n1.Cc1cccc([O-])c1.Cc1cccc([O-])c1.[Mo+3].[N]=O. The van der Waals surface area contributed by atoms with E-state index in [0.29, 0.717) is 0 Å². The van der Waals surface area contributed by atoms with Gasteiger partial charge >= 0.3 is 28.2 Å². The van der Waals surface area contributed by atoms with Gasteiger partial charge in [0.05, 0.1) is 17.1 Å². The van der Waals surface area contributed by atoms with Crippen molar-refractivity contribution in [2.24, 2.45) is 0 Å². The summed E-state index contributed by atoms with van der Waals surface area (Å²) in [6.07, 6.45) is 0. The second kappa shape index (κ2) is 16.3. The van der Waals surface area contributed by atoms with Crippen molar-refractivity contribution in [1.29, 1.82) is 0 Å². The number of rotatable bonds is 3. The van der Waals surface area contributed by atoms with Crippen LogP contribution < -0.4 is 15.8 Å². The van der Waals surface area contributed by atoms with E-state index in [0.717, 1.165) is 45.3 Å². The average Bonchev–Trinajstić information content (AvgIpc) is 3.51. The van der Waals surface area contributed by atoms with Crippen molar-refractivity contribution in [1.82, 2.24) is 34.7 Å². The Kier molecular flexibility index (Phi) is 14.0. The molecule has 0 aliphatic rings. The van der Waals surface area contributed by atoms with Crippen LogP contribution in [0.15, 0.2) is 66.7 Å². The van der Waals surface area contributed by atoms with E-state index in [2.05, 4.69) is 52.7 Å². The van der Waals surface area contributed by atoms with Gasteiger partial charge in [-0.2, -0.15) is 0 Å². The van der Waals surface area contributed by atoms with E-state index in [1.807, 2.05) is 46.8 Å². The van der Waals surface area contributed by atoms with Crippen molar-refractivity contribution in [3.63, 3.8) is 0 Å². The third-order valence-corrected chi connectivity index (χ3v) is 6.09. The predicted octanol–water partition coefficient (Wildman–Crippen LogP) is 3.48. The zero-order valence-corrected chi connectivity index (χ0v) is 26.8. The molecule has 12 heteroatoms. The van der Waals surface area contributed by atoms with E-state index in [4.69, 9.17) is 25.8 Å². The molecule has 0 atom stereocenters. The Hall–Kier alpha value is -3.98. The van der Waals surface area contributed by atoms with Crippen LogP contribution in [0.25, 0.3) is 0 Å². The molecule has 214 valence electrons. The molecule has 2 radical (unpaired) electrons. The minimum absolute atomic E-state index is 0. The number of hydrogen-bond donors (Lipinski definition) is 0. The summed E-state index contributed by atoms with van der Waals surface area (Å²) in [6, 6.07) is 19.9. The van der Waals surface area contributed by atoms with Gasteiger partial charge in [0.2, 0.25) is 0 Å². The van der Waals surface area contributed by atoms with Gasteiger partial charge in [-0.05, 0) is 90.7 Å². The molecule has 10 nitrogen and oxygen atoms in total. The van der Waals surface area contributed by atoms with E-state index in [9.17, 15) is 10.2 Å². The van der Waals surface area contributed by atoms with E-state index in [1.54, 1.807) is 36.4 Å². The first-order valence-electron chi connectivity index (χ1n) is 12.9. The van der Waals surface area contributed by atoms with E-state index in [-0.39, 0.29) is 32.6 Å². The molecular formula is C29H36BMoN7O3. The number of aryl methyl sites for hydroxylation is 8. The zero-order valence-electron chi connectivity index (χ0n) is 24.8. The Bertz CT molecular complexity index is 1340. The van der Waals surface area contributed by atoms with Crippen LogP contribution in [0.4, 0.5) is 0 Å². The van der Waals surface area contributed by atoms with Crippen molar-refractivity contribution >= 4 is 7.12 Å². The molecule has 2 aromatic carbocycles. The molecule has 0 aliphatic carbocycles. The second-order valence-electron chi connectivity index (χ2n) is 9.84. The maximum atomic E-state index is 10.5. The fourth-order valence-corrected chi connectivity index (χ4v) is 4.50. The summed E-state index contributed by atoms with van der Waals surface area (Å²) in [5, 5.41) is 35.1. The predicted molar refractivity (Wildman–Crippen MR) is 155 cm³/mol. The Labute approximate surface area is 256 Å². The van der Waals surface area contributed by atoms with Crippen LogP contribution in [0.3, 0.4) is 0 Å². The largest absolute Gasteiger partial charge is 3.00 e. The first-order chi connectivity index (χ1) is 18.9. The molecule has 3 heterocycles. The average molecular weight is 637 g/mol. The Morgan fingerprint density at radius 1 is 0.561 bits per heavy atom. The van der Waals surface area contributed by atoms with Gasteiger partial charge in [-0.25, -0.2) is 15.3 Å². The fraction of sp³-hybridized carbons (Fsp3) is 0.276. The van der Waals surface area contributed by atoms with Crippen LogP contribution in [0.1, 0.15) is 45.3 Å². The van der Waals surface area contributed by atoms with Crippen molar-refractivity contribution in [3.05, 3.63) is 117 Å². The van der Waals surface area contributed by atoms with E-state index >= 15 is 0 Å². The molecule has 0 amide bonds. The molecule has 5 aromatic rings. The van der Waals surface area contributed by atoms with Crippen molar-refractivity contribution in [3.8, 4) is 11.5 Å². The van der Waals surface area contributed by atoms with E-state index in [1.165, 1.54) is 0 Å². The van der Waals surface area contributed by atoms with Gasteiger partial charge < -0.3 is 24.0 Å². The molecule has 41 heavy (non-hydrogen) atoms. The van der Waals surface area contributed by atoms with Crippen LogP contribution in [0, 0.1) is 60.3 Å². The van der Waals surface area contributed by atoms with Crippen LogP contribution in [0.5, 0.6) is 11.5 Å². The molecule has 0 spiro atoms. The maximum Gasteiger partial charge on any atom is 3.00 e. The van der Waals surface area contributed by atoms with Crippen LogP contribution in [-0.4, -0.2) is 36.2 Å². The number of aromatic nitrogens is 6. The molecule has 0 unspecified atom stereocenters. The van der Waals surface area contributed by atoms with Gasteiger partial charge in [0, 0.05) is 0 Å². The minimum atomic E-state index is -1.26. The number of nitroso groups, excluding NO2 is 1. The fourth-order valence-electron chi connectivity index (χ4n) is 4.50. The minimum Gasteiger partial charge on any atom is -0.872 e. The molecular weight excluding hydrogens is 601 g/mol. The molecule has 0 saturated carbocycles. The van der Waals surface area contributed by atoms with Crippen molar-refractivity contribution in [2.75, 3.05) is 0 Å². The number of benzene rings is 2. The van der Waals surface area contributed by atoms with Gasteiger partial charge in [0.15, 0.2) is 0 Å². The number of hydrogen-bond acceptors (Lipinski definition) is 6. The summed E-state index contributed by atoms with van der Waals surface area (Å²) in [6.45, 7) is 16.1. The molecule has 5 rings (SSSR count). The summed E-state index contributed by atoms with van der Waals surface area (Å²) < 4.78 is 6.19. The second-order valence-corrected chi connectivity index (χ2v) is 9.84. The van der Waals surface area contributed by atoms with Gasteiger partial charge in [-0.3, -0.25) is 0 Å². The Morgan fingerprint density at radius 3 is 1.02 bits per heavy atom. The molecule has 0 N–H and O–H groups in total. The first kappa shape index (κ1) is 35.1. The van der Waals surface area contributed by atoms with Gasteiger partial charge in [-0.1, -0.05) is 59.7 Å². The summed E-state index contributed by atoms with van der Waals surface area (Å²) in [5.41, 5.74) is 14.2. The van der Waals surface area contributed by atoms with Crippen LogP contribution >= 0.6 is 0 Å². The third-order valence-electron chi connectivity index (χ3n) is 6.09. The zero-order chi connectivity index (χ0) is 30.0. The Morgan fingerprint density at radius 2 is 0.854 bits per heavy atom. The third kappa shape index (κ3) is 10.2. The summed E-state index contributed by atoms with van der Waals surface area (Å²) >= 11 is 0. The molecule has 0 saturated heterocycles. The van der Waals surface area contributed by atoms with Gasteiger partial charge in [-0.15, -0.1) is 16.4 Å². The van der Waals surface area contributed by atoms with Gasteiger partial charge in [0.1, 0.15) is 5.59 Å². The van der Waals surface area contributed by atoms with Crippen molar-refractivity contribution in [2.45, 2.75) is 55.4 Å². The molecule has 3 aromatic heterocycles. The maximum absolute atomic E-state index is 10.5. The summed E-state index contributed by atoms with van der Waals surface area (Å²) in [5.74, 6) is 0.176. The topological polar surface area (TPSA) is 139 Å². The van der Waals surface area contributed by atoms with Crippen LogP contribution in [-0.2, 0) is 21.1 Å². The summed E-state index contributed by atoms with van der Waals surface area (Å²) in [4.78, 5) is 7.25. The molecule has 0 fully saturated rings. The summed E-state index contributed by atoms with van der Waals surface area (Å²) in [7, 11) is -1.26.